The molecule has 2 aromatic heterocycles. The molecule has 0 aliphatic carbocycles. The summed E-state index contributed by atoms with van der Waals surface area (Å²) in [6, 6.07) is 0. The van der Waals surface area contributed by atoms with Gasteiger partial charge >= 0.3 is 0 Å². The summed E-state index contributed by atoms with van der Waals surface area (Å²) in [6.07, 6.45) is 1.46. The number of aromatic nitrogens is 2. The molecule has 14 heavy (non-hydrogen) atoms. The van der Waals surface area contributed by atoms with E-state index in [2.05, 4.69) is 46.4 Å². The van der Waals surface area contributed by atoms with Crippen molar-refractivity contribution in [1.82, 2.24) is 9.97 Å². The molecule has 74 valence electrons. The van der Waals surface area contributed by atoms with Gasteiger partial charge in [-0.2, -0.15) is 0 Å². The number of H-pyrrole nitrogens is 1. The maximum atomic E-state index is 11.5. The Morgan fingerprint density at radius 2 is 2.29 bits per heavy atom. The lowest BCUT2D eigenvalue weighted by Gasteiger charge is -1.99. The van der Waals surface area contributed by atoms with Gasteiger partial charge in [0.2, 0.25) is 0 Å². The highest BCUT2D eigenvalue weighted by Gasteiger charge is 2.15. The van der Waals surface area contributed by atoms with Crippen molar-refractivity contribution in [3.63, 3.8) is 0 Å². The van der Waals surface area contributed by atoms with Crippen LogP contribution < -0.4 is 5.56 Å². The number of halogens is 1. The van der Waals surface area contributed by atoms with E-state index in [1.54, 1.807) is 11.3 Å². The first-order valence-electron chi connectivity index (χ1n) is 4.27. The van der Waals surface area contributed by atoms with Gasteiger partial charge < -0.3 is 4.98 Å². The van der Waals surface area contributed by atoms with E-state index in [0.717, 1.165) is 13.8 Å². The zero-order valence-corrected chi connectivity index (χ0v) is 10.8. The van der Waals surface area contributed by atoms with Crippen LogP contribution in [-0.2, 0) is 0 Å². The molecular formula is C9H9IN2OS. The molecule has 0 unspecified atom stereocenters. The molecule has 0 fully saturated rings. The molecule has 2 heterocycles. The third kappa shape index (κ3) is 1.48. The molecule has 5 heteroatoms. The average Bonchev–Trinajstić information content (AvgIpc) is 2.45. The molecule has 2 rings (SSSR count). The predicted octanol–water partition coefficient (Wildman–Crippen LogP) is 2.71. The number of hydrogen-bond donors (Lipinski definition) is 1. The SMILES string of the molecule is CC(C)c1sc2nc[nH]c(=O)c2c1I. The molecule has 0 saturated carbocycles. The molecule has 0 amide bonds. The number of nitrogens with one attached hydrogen (secondary N) is 1. The van der Waals surface area contributed by atoms with Gasteiger partial charge in [0, 0.05) is 8.45 Å². The van der Waals surface area contributed by atoms with Crippen molar-refractivity contribution in [1.29, 1.82) is 0 Å². The summed E-state index contributed by atoms with van der Waals surface area (Å²) in [4.78, 5) is 20.4. The van der Waals surface area contributed by atoms with Crippen LogP contribution in [-0.4, -0.2) is 9.97 Å². The van der Waals surface area contributed by atoms with Crippen molar-refractivity contribution in [3.05, 3.63) is 25.1 Å². The fourth-order valence-electron chi connectivity index (χ4n) is 1.30. The van der Waals surface area contributed by atoms with Crippen LogP contribution in [0, 0.1) is 3.57 Å². The van der Waals surface area contributed by atoms with Crippen molar-refractivity contribution < 1.29 is 0 Å². The van der Waals surface area contributed by atoms with E-state index in [-0.39, 0.29) is 5.56 Å². The van der Waals surface area contributed by atoms with Gasteiger partial charge in [0.05, 0.1) is 11.7 Å². The van der Waals surface area contributed by atoms with E-state index in [1.165, 1.54) is 11.2 Å². The Morgan fingerprint density at radius 3 is 2.86 bits per heavy atom. The minimum atomic E-state index is -0.0393. The van der Waals surface area contributed by atoms with Crippen LogP contribution in [0.2, 0.25) is 0 Å². The largest absolute Gasteiger partial charge is 0.313 e. The van der Waals surface area contributed by atoms with E-state index in [9.17, 15) is 4.79 Å². The summed E-state index contributed by atoms with van der Waals surface area (Å²) in [5.74, 6) is 0.445. The lowest BCUT2D eigenvalue weighted by atomic mass is 10.2. The minimum absolute atomic E-state index is 0.0393. The predicted molar refractivity (Wildman–Crippen MR) is 67.0 cm³/mol. The molecule has 2 aromatic rings. The Bertz CT molecular complexity index is 529. The van der Waals surface area contributed by atoms with Crippen LogP contribution in [0.25, 0.3) is 10.2 Å². The van der Waals surface area contributed by atoms with Gasteiger partial charge in [-0.25, -0.2) is 4.98 Å². The lowest BCUT2D eigenvalue weighted by molar-refractivity contribution is 0.885. The second kappa shape index (κ2) is 3.62. The molecule has 1 N–H and O–H groups in total. The average molecular weight is 320 g/mol. The first kappa shape index (κ1) is 10.1. The molecule has 0 bridgehead atoms. The minimum Gasteiger partial charge on any atom is -0.313 e. The molecule has 0 saturated heterocycles. The zero-order chi connectivity index (χ0) is 10.3. The first-order chi connectivity index (χ1) is 6.61. The number of fused-ring (bicyclic) bond motifs is 1. The van der Waals surface area contributed by atoms with E-state index in [1.807, 2.05) is 0 Å². The monoisotopic (exact) mass is 320 g/mol. The van der Waals surface area contributed by atoms with Gasteiger partial charge in [-0.3, -0.25) is 4.79 Å². The highest BCUT2D eigenvalue weighted by atomic mass is 127. The quantitative estimate of drug-likeness (QED) is 0.821. The topological polar surface area (TPSA) is 45.8 Å². The van der Waals surface area contributed by atoms with Crippen molar-refractivity contribution in [2.75, 3.05) is 0 Å². The molecule has 3 nitrogen and oxygen atoms in total. The van der Waals surface area contributed by atoms with Gasteiger partial charge in [0.1, 0.15) is 4.83 Å². The Hall–Kier alpha value is -0.430. The highest BCUT2D eigenvalue weighted by molar-refractivity contribution is 14.1. The standard InChI is InChI=1S/C9H9IN2OS/c1-4(2)7-6(10)5-8(13)11-3-12-9(5)14-7/h3-4H,1-2H3,(H,11,12,13). The summed E-state index contributed by atoms with van der Waals surface area (Å²) in [7, 11) is 0. The maximum Gasteiger partial charge on any atom is 0.260 e. The van der Waals surface area contributed by atoms with E-state index >= 15 is 0 Å². The fourth-order valence-corrected chi connectivity index (χ4v) is 3.97. The Balaban J connectivity index is 2.88. The highest BCUT2D eigenvalue weighted by Crippen LogP contribution is 2.33. The molecule has 0 aliphatic heterocycles. The van der Waals surface area contributed by atoms with Gasteiger partial charge in [-0.15, -0.1) is 11.3 Å². The summed E-state index contributed by atoms with van der Waals surface area (Å²) in [5, 5.41) is 0.738. The summed E-state index contributed by atoms with van der Waals surface area (Å²) in [6.45, 7) is 4.25. The molecule has 0 radical (unpaired) electrons. The normalized spacial score (nSPS) is 11.4. The van der Waals surface area contributed by atoms with Crippen molar-refractivity contribution in [2.24, 2.45) is 0 Å². The lowest BCUT2D eigenvalue weighted by Crippen LogP contribution is -2.05. The molecule has 0 atom stereocenters. The van der Waals surface area contributed by atoms with Crippen LogP contribution in [0.15, 0.2) is 11.1 Å². The Kier molecular flexibility index (Phi) is 2.61. The van der Waals surface area contributed by atoms with Crippen molar-refractivity contribution >= 4 is 44.1 Å². The number of thiophene rings is 1. The maximum absolute atomic E-state index is 11.5. The molecule has 0 spiro atoms. The first-order valence-corrected chi connectivity index (χ1v) is 6.16. The Labute approximate surface area is 98.7 Å². The number of hydrogen-bond acceptors (Lipinski definition) is 3. The van der Waals surface area contributed by atoms with E-state index < -0.39 is 0 Å². The van der Waals surface area contributed by atoms with E-state index in [0.29, 0.717) is 5.92 Å². The second-order valence-corrected chi connectivity index (χ2v) is 5.46. The van der Waals surface area contributed by atoms with E-state index in [4.69, 9.17) is 0 Å². The van der Waals surface area contributed by atoms with Crippen LogP contribution in [0.1, 0.15) is 24.6 Å². The second-order valence-electron chi connectivity index (χ2n) is 3.35. The van der Waals surface area contributed by atoms with Gasteiger partial charge in [-0.05, 0) is 28.5 Å². The smallest absolute Gasteiger partial charge is 0.260 e. The summed E-state index contributed by atoms with van der Waals surface area (Å²) in [5.41, 5.74) is -0.0393. The summed E-state index contributed by atoms with van der Waals surface area (Å²) >= 11 is 3.83. The van der Waals surface area contributed by atoms with Gasteiger partial charge in [-0.1, -0.05) is 13.8 Å². The Morgan fingerprint density at radius 1 is 1.57 bits per heavy atom. The van der Waals surface area contributed by atoms with Crippen LogP contribution in [0.3, 0.4) is 0 Å². The fraction of sp³-hybridized carbons (Fsp3) is 0.333. The van der Waals surface area contributed by atoms with Crippen molar-refractivity contribution in [3.8, 4) is 0 Å². The van der Waals surface area contributed by atoms with Gasteiger partial charge in [0.25, 0.3) is 5.56 Å². The number of nitrogens with zero attached hydrogens (tertiary/aromatic N) is 1. The molecular weight excluding hydrogens is 311 g/mol. The van der Waals surface area contributed by atoms with Crippen molar-refractivity contribution in [2.45, 2.75) is 19.8 Å². The third-order valence-electron chi connectivity index (χ3n) is 1.99. The number of rotatable bonds is 1. The van der Waals surface area contributed by atoms with Crippen LogP contribution in [0.4, 0.5) is 0 Å². The number of aromatic amines is 1. The van der Waals surface area contributed by atoms with Gasteiger partial charge in [0.15, 0.2) is 0 Å². The molecule has 0 aromatic carbocycles. The zero-order valence-electron chi connectivity index (χ0n) is 7.80. The third-order valence-corrected chi connectivity index (χ3v) is 4.87. The molecule has 0 aliphatic rings. The van der Waals surface area contributed by atoms with Crippen LogP contribution in [0.5, 0.6) is 0 Å². The summed E-state index contributed by atoms with van der Waals surface area (Å²) < 4.78 is 1.05. The van der Waals surface area contributed by atoms with Crippen LogP contribution >= 0.6 is 33.9 Å².